The number of nitrogens with zero attached hydrogens (tertiary/aromatic N) is 4. The SMILES string of the molecule is CCc1c(C)nc(-c2ccc(C)cc2)nc1N1CCN(C(=O)CC(C)(C)C)CC1. The van der Waals surface area contributed by atoms with Gasteiger partial charge in [0.15, 0.2) is 5.82 Å². The van der Waals surface area contributed by atoms with E-state index in [0.29, 0.717) is 6.42 Å². The quantitative estimate of drug-likeness (QED) is 0.771. The molecule has 1 amide bonds. The molecule has 0 saturated carbocycles. The Labute approximate surface area is 175 Å². The van der Waals surface area contributed by atoms with E-state index in [1.54, 1.807) is 0 Å². The molecular formula is C24H34N4O. The molecule has 29 heavy (non-hydrogen) atoms. The summed E-state index contributed by atoms with van der Waals surface area (Å²) in [6, 6.07) is 8.37. The molecule has 156 valence electrons. The Hall–Kier alpha value is -2.43. The largest absolute Gasteiger partial charge is 0.353 e. The average molecular weight is 395 g/mol. The molecule has 5 nitrogen and oxygen atoms in total. The van der Waals surface area contributed by atoms with Crippen molar-refractivity contribution in [1.29, 1.82) is 0 Å². The molecule has 0 bridgehead atoms. The number of aromatic nitrogens is 2. The number of hydrogen-bond donors (Lipinski definition) is 0. The van der Waals surface area contributed by atoms with E-state index in [1.807, 2.05) is 4.90 Å². The van der Waals surface area contributed by atoms with Crippen molar-refractivity contribution in [2.24, 2.45) is 5.41 Å². The van der Waals surface area contributed by atoms with Crippen LogP contribution in [0.25, 0.3) is 11.4 Å². The summed E-state index contributed by atoms with van der Waals surface area (Å²) in [4.78, 5) is 26.7. The van der Waals surface area contributed by atoms with Gasteiger partial charge in [0.2, 0.25) is 5.91 Å². The molecular weight excluding hydrogens is 360 g/mol. The van der Waals surface area contributed by atoms with Gasteiger partial charge in [0.25, 0.3) is 0 Å². The molecule has 1 aliphatic rings. The van der Waals surface area contributed by atoms with E-state index in [4.69, 9.17) is 9.97 Å². The molecule has 0 N–H and O–H groups in total. The van der Waals surface area contributed by atoms with Gasteiger partial charge in [-0.3, -0.25) is 4.79 Å². The second-order valence-electron chi connectivity index (χ2n) is 9.26. The van der Waals surface area contributed by atoms with Crippen LogP contribution in [0, 0.1) is 19.3 Å². The Morgan fingerprint density at radius 1 is 1.00 bits per heavy atom. The summed E-state index contributed by atoms with van der Waals surface area (Å²) in [7, 11) is 0. The molecule has 2 heterocycles. The van der Waals surface area contributed by atoms with E-state index in [9.17, 15) is 4.79 Å². The van der Waals surface area contributed by atoms with Gasteiger partial charge in [-0.25, -0.2) is 9.97 Å². The van der Waals surface area contributed by atoms with Gasteiger partial charge in [0.05, 0.1) is 0 Å². The minimum absolute atomic E-state index is 0.0241. The molecule has 0 unspecified atom stereocenters. The average Bonchev–Trinajstić information content (AvgIpc) is 2.66. The van der Waals surface area contributed by atoms with Crippen LogP contribution in [-0.4, -0.2) is 47.0 Å². The van der Waals surface area contributed by atoms with Crippen LogP contribution in [-0.2, 0) is 11.2 Å². The van der Waals surface area contributed by atoms with Crippen molar-refractivity contribution in [1.82, 2.24) is 14.9 Å². The lowest BCUT2D eigenvalue weighted by atomic mass is 9.91. The van der Waals surface area contributed by atoms with Gasteiger partial charge in [0.1, 0.15) is 5.82 Å². The van der Waals surface area contributed by atoms with Crippen LogP contribution in [0.1, 0.15) is 50.9 Å². The molecule has 0 atom stereocenters. The van der Waals surface area contributed by atoms with E-state index in [-0.39, 0.29) is 11.3 Å². The zero-order chi connectivity index (χ0) is 21.2. The summed E-state index contributed by atoms with van der Waals surface area (Å²) in [6.07, 6.45) is 1.50. The fourth-order valence-corrected chi connectivity index (χ4v) is 3.82. The molecule has 1 aromatic heterocycles. The lowest BCUT2D eigenvalue weighted by molar-refractivity contribution is -0.133. The number of anilines is 1. The van der Waals surface area contributed by atoms with Gasteiger partial charge in [-0.1, -0.05) is 57.5 Å². The lowest BCUT2D eigenvalue weighted by Crippen LogP contribution is -2.50. The van der Waals surface area contributed by atoms with E-state index in [1.165, 1.54) is 11.1 Å². The Bertz CT molecular complexity index is 860. The van der Waals surface area contributed by atoms with Crippen molar-refractivity contribution in [2.45, 2.75) is 54.4 Å². The smallest absolute Gasteiger partial charge is 0.223 e. The highest BCUT2D eigenvalue weighted by atomic mass is 16.2. The first-order chi connectivity index (χ1) is 13.7. The fraction of sp³-hybridized carbons (Fsp3) is 0.542. The maximum Gasteiger partial charge on any atom is 0.223 e. The van der Waals surface area contributed by atoms with Gasteiger partial charge < -0.3 is 9.80 Å². The molecule has 0 aliphatic carbocycles. The second kappa shape index (κ2) is 8.52. The van der Waals surface area contributed by atoms with Gasteiger partial charge >= 0.3 is 0 Å². The predicted molar refractivity (Wildman–Crippen MR) is 119 cm³/mol. The standard InChI is InChI=1S/C24H34N4O/c1-7-20-18(3)25-22(19-10-8-17(2)9-11-19)26-23(20)28-14-12-27(13-15-28)21(29)16-24(4,5)6/h8-11H,7,12-16H2,1-6H3. The highest BCUT2D eigenvalue weighted by Crippen LogP contribution is 2.27. The molecule has 3 rings (SSSR count). The Morgan fingerprint density at radius 3 is 2.17 bits per heavy atom. The van der Waals surface area contributed by atoms with Gasteiger partial charge in [0, 0.05) is 49.4 Å². The van der Waals surface area contributed by atoms with Crippen molar-refractivity contribution >= 4 is 11.7 Å². The molecule has 5 heteroatoms. The van der Waals surface area contributed by atoms with Gasteiger partial charge in [-0.15, -0.1) is 0 Å². The van der Waals surface area contributed by atoms with Crippen LogP contribution in [0.5, 0.6) is 0 Å². The van der Waals surface area contributed by atoms with Gasteiger partial charge in [-0.05, 0) is 25.7 Å². The summed E-state index contributed by atoms with van der Waals surface area (Å²) in [5.41, 5.74) is 4.54. The van der Waals surface area contributed by atoms with Crippen LogP contribution < -0.4 is 4.90 Å². The van der Waals surface area contributed by atoms with Crippen LogP contribution in [0.2, 0.25) is 0 Å². The second-order valence-corrected chi connectivity index (χ2v) is 9.26. The maximum atomic E-state index is 12.6. The van der Waals surface area contributed by atoms with Crippen LogP contribution in [0.15, 0.2) is 24.3 Å². The highest BCUT2D eigenvalue weighted by Gasteiger charge is 2.27. The Balaban J connectivity index is 1.81. The molecule has 1 fully saturated rings. The molecule has 1 aliphatic heterocycles. The first-order valence-corrected chi connectivity index (χ1v) is 10.6. The number of amides is 1. The number of piperazine rings is 1. The van der Waals surface area contributed by atoms with Crippen molar-refractivity contribution in [3.8, 4) is 11.4 Å². The first kappa shape index (κ1) is 21.3. The molecule has 0 spiro atoms. The summed E-state index contributed by atoms with van der Waals surface area (Å²) in [5, 5.41) is 0. The molecule has 1 saturated heterocycles. The van der Waals surface area contributed by atoms with Gasteiger partial charge in [-0.2, -0.15) is 0 Å². The van der Waals surface area contributed by atoms with E-state index >= 15 is 0 Å². The first-order valence-electron chi connectivity index (χ1n) is 10.6. The topological polar surface area (TPSA) is 49.3 Å². The zero-order valence-electron chi connectivity index (χ0n) is 18.7. The fourth-order valence-electron chi connectivity index (χ4n) is 3.82. The Morgan fingerprint density at radius 2 is 1.62 bits per heavy atom. The van der Waals surface area contributed by atoms with Crippen molar-refractivity contribution in [3.05, 3.63) is 41.1 Å². The minimum atomic E-state index is 0.0241. The monoisotopic (exact) mass is 394 g/mol. The number of rotatable bonds is 4. The predicted octanol–water partition coefficient (Wildman–Crippen LogP) is 4.41. The summed E-state index contributed by atoms with van der Waals surface area (Å²) in [6.45, 7) is 15.8. The normalized spacial score (nSPS) is 15.0. The number of benzene rings is 1. The zero-order valence-corrected chi connectivity index (χ0v) is 18.7. The van der Waals surface area contributed by atoms with Crippen LogP contribution in [0.4, 0.5) is 5.82 Å². The van der Waals surface area contributed by atoms with Crippen LogP contribution >= 0.6 is 0 Å². The van der Waals surface area contributed by atoms with Crippen molar-refractivity contribution in [3.63, 3.8) is 0 Å². The summed E-state index contributed by atoms with van der Waals surface area (Å²) < 4.78 is 0. The number of carbonyl (C=O) groups is 1. The number of aryl methyl sites for hydroxylation is 2. The Kier molecular flexibility index (Phi) is 6.25. The molecule has 0 radical (unpaired) electrons. The third-order valence-electron chi connectivity index (χ3n) is 5.47. The van der Waals surface area contributed by atoms with Crippen molar-refractivity contribution < 1.29 is 4.79 Å². The van der Waals surface area contributed by atoms with Crippen LogP contribution in [0.3, 0.4) is 0 Å². The van der Waals surface area contributed by atoms with E-state index < -0.39 is 0 Å². The lowest BCUT2D eigenvalue weighted by Gasteiger charge is -2.37. The number of hydrogen-bond acceptors (Lipinski definition) is 4. The maximum absolute atomic E-state index is 12.6. The third kappa shape index (κ3) is 5.14. The van der Waals surface area contributed by atoms with E-state index in [0.717, 1.165) is 55.5 Å². The third-order valence-corrected chi connectivity index (χ3v) is 5.47. The highest BCUT2D eigenvalue weighted by molar-refractivity contribution is 5.77. The van der Waals surface area contributed by atoms with E-state index in [2.05, 4.69) is 70.7 Å². The van der Waals surface area contributed by atoms with Crippen molar-refractivity contribution in [2.75, 3.05) is 31.1 Å². The molecule has 2 aromatic rings. The number of carbonyl (C=O) groups excluding carboxylic acids is 1. The molecule has 1 aromatic carbocycles. The summed E-state index contributed by atoms with van der Waals surface area (Å²) >= 11 is 0. The minimum Gasteiger partial charge on any atom is -0.353 e. The summed E-state index contributed by atoms with van der Waals surface area (Å²) in [5.74, 6) is 2.06.